The van der Waals surface area contributed by atoms with Gasteiger partial charge in [-0.2, -0.15) is 0 Å². The summed E-state index contributed by atoms with van der Waals surface area (Å²) in [6.45, 7) is 10.5. The van der Waals surface area contributed by atoms with Crippen LogP contribution in [0.2, 0.25) is 0 Å². The van der Waals surface area contributed by atoms with Gasteiger partial charge in [0.25, 0.3) is 0 Å². The zero-order valence-corrected chi connectivity index (χ0v) is 9.96. The Balaban J connectivity index is 0. The fraction of sp³-hybridized carbons (Fsp3) is 0.778. The highest BCUT2D eigenvalue weighted by Crippen LogP contribution is 1.97. The number of quaternary nitrogens is 1. The van der Waals surface area contributed by atoms with Gasteiger partial charge in [-0.05, 0) is 20.8 Å². The van der Waals surface area contributed by atoms with Crippen molar-refractivity contribution in [1.82, 2.24) is 0 Å². The zero-order valence-electron chi connectivity index (χ0n) is 9.96. The van der Waals surface area contributed by atoms with E-state index in [-0.39, 0.29) is 0 Å². The molecule has 0 unspecified atom stereocenters. The number of halogens is 2. The van der Waals surface area contributed by atoms with Crippen molar-refractivity contribution < 1.29 is 33.0 Å². The van der Waals surface area contributed by atoms with Gasteiger partial charge < -0.3 is 4.48 Å². The lowest BCUT2D eigenvalue weighted by Crippen LogP contribution is -2.42. The molecule has 0 atom stereocenters. The van der Waals surface area contributed by atoms with Gasteiger partial charge in [0.2, 0.25) is 0 Å². The maximum absolute atomic E-state index is 10.5. The highest BCUT2D eigenvalue weighted by Gasteiger charge is 2.18. The van der Waals surface area contributed by atoms with Crippen LogP contribution in [-0.2, 0) is 19.5 Å². The molecule has 96 valence electrons. The topological polar surface area (TPSA) is 52.6 Å². The predicted molar refractivity (Wildman–Crippen MR) is 52.2 cm³/mol. The van der Waals surface area contributed by atoms with Gasteiger partial charge in [-0.15, -0.1) is 0 Å². The van der Waals surface area contributed by atoms with E-state index >= 15 is 0 Å². The van der Waals surface area contributed by atoms with Gasteiger partial charge in [0.05, 0.1) is 26.7 Å². The van der Waals surface area contributed by atoms with Gasteiger partial charge in [0.1, 0.15) is 0 Å². The number of carbonyl (C=O) groups is 2. The van der Waals surface area contributed by atoms with Crippen molar-refractivity contribution in [2.45, 2.75) is 20.8 Å². The fourth-order valence-electron chi connectivity index (χ4n) is 0.734. The molecule has 0 aliphatic rings. The Morgan fingerprint density at radius 1 is 0.938 bits per heavy atom. The Labute approximate surface area is 93.3 Å². The lowest BCUT2D eigenvalue weighted by molar-refractivity contribution is -0.904. The number of nitrogens with zero attached hydrogens (tertiary/aromatic N) is 1. The molecule has 0 saturated heterocycles. The van der Waals surface area contributed by atoms with Crippen molar-refractivity contribution in [1.29, 1.82) is 0 Å². The van der Waals surface area contributed by atoms with Crippen molar-refractivity contribution >= 4 is 11.9 Å². The van der Waals surface area contributed by atoms with Crippen molar-refractivity contribution in [3.05, 3.63) is 0 Å². The smallest absolute Gasteiger partial charge is 0.327 e. The van der Waals surface area contributed by atoms with Gasteiger partial charge in [-0.1, -0.05) is 0 Å². The molecular formula is C9H18F2NO4+. The summed E-state index contributed by atoms with van der Waals surface area (Å²) < 4.78 is 22.2. The fourth-order valence-corrected chi connectivity index (χ4v) is 0.734. The molecule has 0 saturated carbocycles. The van der Waals surface area contributed by atoms with Gasteiger partial charge in [0, 0.05) is 9.05 Å². The van der Waals surface area contributed by atoms with E-state index in [0.717, 1.165) is 0 Å². The van der Waals surface area contributed by atoms with Gasteiger partial charge in [-0.3, -0.25) is 0 Å². The normalized spacial score (nSPS) is 9.88. The molecule has 0 aliphatic heterocycles. The lowest BCUT2D eigenvalue weighted by atomic mass is 10.4. The van der Waals surface area contributed by atoms with E-state index < -0.39 is 11.9 Å². The van der Waals surface area contributed by atoms with Crippen LogP contribution in [0.15, 0.2) is 0 Å². The molecule has 0 aromatic rings. The first kappa shape index (κ1) is 17.2. The second-order valence-corrected chi connectivity index (χ2v) is 3.30. The van der Waals surface area contributed by atoms with E-state index in [9.17, 15) is 18.6 Å². The Morgan fingerprint density at radius 3 is 1.25 bits per heavy atom. The van der Waals surface area contributed by atoms with Crippen LogP contribution in [0, 0.1) is 0 Å². The zero-order chi connectivity index (χ0) is 13.2. The summed E-state index contributed by atoms with van der Waals surface area (Å²) in [6, 6.07) is 0. The third kappa shape index (κ3) is 7.10. The molecule has 0 fully saturated rings. The quantitative estimate of drug-likeness (QED) is 0.553. The summed E-state index contributed by atoms with van der Waals surface area (Å²) >= 11 is 0. The van der Waals surface area contributed by atoms with E-state index in [1.807, 2.05) is 0 Å². The minimum atomic E-state index is -2.02. The number of carbonyl (C=O) groups excluding carboxylic acids is 2. The highest BCUT2D eigenvalue weighted by atomic mass is 19.3. The highest BCUT2D eigenvalue weighted by molar-refractivity contribution is 6.29. The first-order valence-electron chi connectivity index (χ1n) is 4.89. The van der Waals surface area contributed by atoms with Crippen LogP contribution >= 0.6 is 0 Å². The Bertz CT molecular complexity index is 197. The second kappa shape index (κ2) is 9.02. The van der Waals surface area contributed by atoms with Crippen LogP contribution in [0.4, 0.5) is 9.05 Å². The molecular weight excluding hydrogens is 224 g/mol. The van der Waals surface area contributed by atoms with E-state index in [1.54, 1.807) is 0 Å². The number of hydrogen-bond acceptors (Lipinski definition) is 4. The van der Waals surface area contributed by atoms with Crippen molar-refractivity contribution in [2.75, 3.05) is 26.7 Å². The monoisotopic (exact) mass is 242 g/mol. The lowest BCUT2D eigenvalue weighted by Gasteiger charge is -2.30. The van der Waals surface area contributed by atoms with E-state index in [4.69, 9.17) is 0 Å². The van der Waals surface area contributed by atoms with Gasteiger partial charge in [-0.25, -0.2) is 19.5 Å². The van der Waals surface area contributed by atoms with E-state index in [1.165, 1.54) is 24.1 Å². The van der Waals surface area contributed by atoms with Crippen molar-refractivity contribution in [3.63, 3.8) is 0 Å². The second-order valence-electron chi connectivity index (χ2n) is 3.30. The molecule has 0 aromatic carbocycles. The molecule has 0 rings (SSSR count). The average Bonchev–Trinajstić information content (AvgIpc) is 2.36. The Hall–Kier alpha value is -1.24. The number of rotatable bonds is 3. The van der Waals surface area contributed by atoms with Crippen LogP contribution in [0.5, 0.6) is 0 Å². The first-order chi connectivity index (χ1) is 7.40. The first-order valence-corrected chi connectivity index (χ1v) is 4.89. The molecule has 7 heteroatoms. The number of hydrogen-bond donors (Lipinski definition) is 0. The molecule has 0 aliphatic carbocycles. The summed E-state index contributed by atoms with van der Waals surface area (Å²) in [7, 11) is 2.29. The molecule has 0 radical (unpaired) electrons. The average molecular weight is 242 g/mol. The Morgan fingerprint density at radius 2 is 1.19 bits per heavy atom. The van der Waals surface area contributed by atoms with Crippen molar-refractivity contribution in [2.24, 2.45) is 0 Å². The molecule has 0 bridgehead atoms. The van der Waals surface area contributed by atoms with E-state index in [0.29, 0.717) is 0 Å². The molecule has 5 nitrogen and oxygen atoms in total. The van der Waals surface area contributed by atoms with Crippen LogP contribution in [0.1, 0.15) is 20.8 Å². The summed E-state index contributed by atoms with van der Waals surface area (Å²) in [6.07, 6.45) is 0. The minimum Gasteiger partial charge on any atom is -0.327 e. The molecule has 0 spiro atoms. The summed E-state index contributed by atoms with van der Waals surface area (Å²) in [4.78, 5) is 23.4. The van der Waals surface area contributed by atoms with Crippen LogP contribution in [0.25, 0.3) is 0 Å². The molecule has 0 aromatic heterocycles. The molecule has 16 heavy (non-hydrogen) atoms. The molecule has 0 amide bonds. The standard InChI is InChI=1S/C7H18N.C2F2O4/c1-5-8(4,6-2)7-3;3-7-1(5)2(6)8-4/h5-7H2,1-4H3;/q+1;. The third-order valence-electron chi connectivity index (χ3n) is 2.60. The minimum absolute atomic E-state index is 1.21. The van der Waals surface area contributed by atoms with E-state index in [2.05, 4.69) is 37.7 Å². The van der Waals surface area contributed by atoms with Crippen LogP contribution in [-0.4, -0.2) is 43.1 Å². The van der Waals surface area contributed by atoms with Crippen molar-refractivity contribution in [3.8, 4) is 0 Å². The molecule has 0 heterocycles. The largest absolute Gasteiger partial charge is 0.459 e. The third-order valence-corrected chi connectivity index (χ3v) is 2.60. The Kier molecular flexibility index (Phi) is 9.68. The molecule has 0 N–H and O–H groups in total. The summed E-state index contributed by atoms with van der Waals surface area (Å²) in [5, 5.41) is 0. The van der Waals surface area contributed by atoms with Gasteiger partial charge in [0.15, 0.2) is 0 Å². The predicted octanol–water partition coefficient (Wildman–Crippen LogP) is 1.33. The van der Waals surface area contributed by atoms with Gasteiger partial charge >= 0.3 is 11.9 Å². The SMILES string of the molecule is CC[N+](C)(CC)CC.O=C(OF)C(=O)OF. The van der Waals surface area contributed by atoms with Crippen LogP contribution < -0.4 is 0 Å². The van der Waals surface area contributed by atoms with Crippen LogP contribution in [0.3, 0.4) is 0 Å². The summed E-state index contributed by atoms with van der Waals surface area (Å²) in [5.41, 5.74) is 0. The summed E-state index contributed by atoms with van der Waals surface area (Å²) in [5.74, 6) is -4.04. The maximum Gasteiger partial charge on any atom is 0.459 e. The maximum atomic E-state index is 10.5.